The van der Waals surface area contributed by atoms with Crippen molar-refractivity contribution in [3.05, 3.63) is 115 Å². The van der Waals surface area contributed by atoms with Crippen molar-refractivity contribution in [1.29, 1.82) is 0 Å². The van der Waals surface area contributed by atoms with Crippen LogP contribution in [0, 0.1) is 0 Å². The number of carboxylic acid groups (broad SMARTS) is 1. The molecule has 10 nitrogen and oxygen atoms in total. The van der Waals surface area contributed by atoms with Crippen LogP contribution in [0.5, 0.6) is 23.0 Å². The van der Waals surface area contributed by atoms with E-state index in [0.29, 0.717) is 33.9 Å². The maximum atomic E-state index is 13.6. The van der Waals surface area contributed by atoms with Gasteiger partial charge in [0.1, 0.15) is 5.82 Å². The Morgan fingerprint density at radius 2 is 1.32 bits per heavy atom. The van der Waals surface area contributed by atoms with Gasteiger partial charge in [-0.3, -0.25) is 4.98 Å². The monoisotopic (exact) mass is 738 g/mol. The van der Waals surface area contributed by atoms with Crippen LogP contribution >= 0.6 is 0 Å². The largest absolute Gasteiger partial charge is 0.478 e. The van der Waals surface area contributed by atoms with E-state index < -0.39 is 5.97 Å². The van der Waals surface area contributed by atoms with E-state index in [1.165, 1.54) is 6.42 Å². The Balaban J connectivity index is 1.15. The van der Waals surface area contributed by atoms with Crippen LogP contribution in [0.1, 0.15) is 48.5 Å². The van der Waals surface area contributed by atoms with Crippen LogP contribution in [0.4, 0.5) is 0 Å². The summed E-state index contributed by atoms with van der Waals surface area (Å²) >= 11 is 0. The Labute approximate surface area is 320 Å². The standard InChI is InChI=1S/C46H34N4O6/c51-46(52)43-33(26-11-16-38-40(21-26)55-24-53-38)23-37-44(42(43)30-9-13-34-27(19-30)5-4-18-47-34)49-45(50(37)32-6-2-1-3-7-32)31-10-15-35-28(20-31)8-14-36(48-35)29-12-17-39-41(22-29)56-25-54-39/h4-5,8-23,32H,1-3,6-7,24-25H2,(H,51,52). The van der Waals surface area contributed by atoms with Crippen molar-refractivity contribution in [1.82, 2.24) is 19.5 Å². The van der Waals surface area contributed by atoms with Crippen LogP contribution < -0.4 is 18.9 Å². The van der Waals surface area contributed by atoms with Crippen molar-refractivity contribution in [3.8, 4) is 67.9 Å². The first-order valence-electron chi connectivity index (χ1n) is 18.9. The highest BCUT2D eigenvalue weighted by Gasteiger charge is 2.30. The van der Waals surface area contributed by atoms with Gasteiger partial charge in [0.2, 0.25) is 13.6 Å². The van der Waals surface area contributed by atoms with Gasteiger partial charge in [-0.25, -0.2) is 14.8 Å². The SMILES string of the molecule is O=C(O)c1c(-c2ccc3c(c2)OCO3)cc2c(nc(-c3ccc4nc(-c5ccc6c(c5)OCO6)ccc4c3)n2C2CCCCC2)c1-c1ccc2ncccc2c1. The van der Waals surface area contributed by atoms with E-state index in [0.717, 1.165) is 92.5 Å². The minimum atomic E-state index is -1.04. The number of ether oxygens (including phenoxy) is 4. The molecule has 1 N–H and O–H groups in total. The molecule has 10 heteroatoms. The number of fused-ring (bicyclic) bond motifs is 5. The molecule has 3 aromatic heterocycles. The molecule has 0 atom stereocenters. The normalized spacial score (nSPS) is 14.9. The van der Waals surface area contributed by atoms with Crippen LogP contribution in [-0.2, 0) is 0 Å². The molecule has 56 heavy (non-hydrogen) atoms. The van der Waals surface area contributed by atoms with Crippen molar-refractivity contribution in [2.75, 3.05) is 13.6 Å². The van der Waals surface area contributed by atoms with Crippen molar-refractivity contribution in [2.45, 2.75) is 38.1 Å². The molecule has 0 saturated heterocycles. The van der Waals surface area contributed by atoms with E-state index in [9.17, 15) is 9.90 Å². The number of nitrogens with zero attached hydrogens (tertiary/aromatic N) is 4. The van der Waals surface area contributed by atoms with Crippen LogP contribution in [-0.4, -0.2) is 44.2 Å². The average Bonchev–Trinajstić information content (AvgIpc) is 4.01. The zero-order valence-corrected chi connectivity index (χ0v) is 30.2. The van der Waals surface area contributed by atoms with Crippen LogP contribution in [0.15, 0.2) is 109 Å². The molecule has 5 aromatic carbocycles. The lowest BCUT2D eigenvalue weighted by Crippen LogP contribution is -2.14. The highest BCUT2D eigenvalue weighted by molar-refractivity contribution is 6.12. The Morgan fingerprint density at radius 3 is 2.12 bits per heavy atom. The van der Waals surface area contributed by atoms with Gasteiger partial charge < -0.3 is 28.6 Å². The summed E-state index contributed by atoms with van der Waals surface area (Å²) in [5.74, 6) is 2.44. The molecule has 1 saturated carbocycles. The van der Waals surface area contributed by atoms with E-state index in [1.807, 2.05) is 84.9 Å². The average molecular weight is 739 g/mol. The molecule has 274 valence electrons. The minimum absolute atomic E-state index is 0.124. The van der Waals surface area contributed by atoms with Crippen molar-refractivity contribution < 1.29 is 28.8 Å². The number of imidazole rings is 1. The van der Waals surface area contributed by atoms with Gasteiger partial charge in [0.05, 0.1) is 33.3 Å². The maximum absolute atomic E-state index is 13.6. The molecule has 1 fully saturated rings. The molecule has 0 spiro atoms. The zero-order valence-electron chi connectivity index (χ0n) is 30.2. The molecule has 0 unspecified atom stereocenters. The Morgan fingerprint density at radius 1 is 0.643 bits per heavy atom. The summed E-state index contributed by atoms with van der Waals surface area (Å²) in [5, 5.41) is 13.0. The molecule has 8 aromatic rings. The molecule has 5 heterocycles. The fourth-order valence-corrected chi connectivity index (χ4v) is 8.65. The molecule has 0 bridgehead atoms. The van der Waals surface area contributed by atoms with Crippen LogP contribution in [0.25, 0.3) is 77.7 Å². The van der Waals surface area contributed by atoms with E-state index in [-0.39, 0.29) is 25.2 Å². The molecule has 11 rings (SSSR count). The second-order valence-electron chi connectivity index (χ2n) is 14.6. The number of hydrogen-bond donors (Lipinski definition) is 1. The summed E-state index contributed by atoms with van der Waals surface area (Å²) in [6.45, 7) is 0.343. The van der Waals surface area contributed by atoms with Gasteiger partial charge in [0.15, 0.2) is 23.0 Å². The number of benzene rings is 5. The zero-order chi connectivity index (χ0) is 37.3. The number of pyridine rings is 2. The fourth-order valence-electron chi connectivity index (χ4n) is 8.65. The summed E-state index contributed by atoms with van der Waals surface area (Å²) in [4.78, 5) is 28.6. The second-order valence-corrected chi connectivity index (χ2v) is 14.6. The van der Waals surface area contributed by atoms with Crippen molar-refractivity contribution >= 4 is 38.8 Å². The van der Waals surface area contributed by atoms with E-state index in [1.54, 1.807) is 6.20 Å². The van der Waals surface area contributed by atoms with Gasteiger partial charge in [-0.2, -0.15) is 0 Å². The number of aromatic nitrogens is 4. The van der Waals surface area contributed by atoms with Gasteiger partial charge in [0.25, 0.3) is 0 Å². The summed E-state index contributed by atoms with van der Waals surface area (Å²) in [7, 11) is 0. The maximum Gasteiger partial charge on any atom is 0.337 e. The van der Waals surface area contributed by atoms with E-state index in [4.69, 9.17) is 28.9 Å². The topological polar surface area (TPSA) is 118 Å². The lowest BCUT2D eigenvalue weighted by molar-refractivity contribution is 0.0698. The third-order valence-corrected chi connectivity index (χ3v) is 11.3. The summed E-state index contributed by atoms with van der Waals surface area (Å²) in [6, 6.07) is 33.9. The lowest BCUT2D eigenvalue weighted by atomic mass is 9.89. The first kappa shape index (κ1) is 32.5. The van der Waals surface area contributed by atoms with E-state index in [2.05, 4.69) is 27.8 Å². The Bertz CT molecular complexity index is 2910. The van der Waals surface area contributed by atoms with Crippen molar-refractivity contribution in [2.24, 2.45) is 0 Å². The van der Waals surface area contributed by atoms with Crippen LogP contribution in [0.3, 0.4) is 0 Å². The number of carbonyl (C=O) groups is 1. The molecule has 2 aliphatic heterocycles. The molecular formula is C46H34N4O6. The number of carboxylic acids is 1. The molecule has 3 aliphatic rings. The van der Waals surface area contributed by atoms with Crippen LogP contribution in [0.2, 0.25) is 0 Å². The first-order valence-corrected chi connectivity index (χ1v) is 18.9. The minimum Gasteiger partial charge on any atom is -0.478 e. The third kappa shape index (κ3) is 5.31. The summed E-state index contributed by atoms with van der Waals surface area (Å²) < 4.78 is 24.9. The van der Waals surface area contributed by atoms with Crippen molar-refractivity contribution in [3.63, 3.8) is 0 Å². The quantitative estimate of drug-likeness (QED) is 0.178. The van der Waals surface area contributed by atoms with Gasteiger partial charge in [0, 0.05) is 39.7 Å². The molecule has 1 aliphatic carbocycles. The smallest absolute Gasteiger partial charge is 0.337 e. The second kappa shape index (κ2) is 12.8. The number of hydrogen-bond acceptors (Lipinski definition) is 8. The van der Waals surface area contributed by atoms with Gasteiger partial charge in [-0.05, 0) is 108 Å². The Kier molecular flexibility index (Phi) is 7.45. The number of rotatable bonds is 6. The predicted octanol–water partition coefficient (Wildman–Crippen LogP) is 10.5. The molecule has 0 amide bonds. The number of aromatic carboxylic acids is 1. The Hall–Kier alpha value is -6.94. The highest BCUT2D eigenvalue weighted by atomic mass is 16.7. The van der Waals surface area contributed by atoms with Gasteiger partial charge >= 0.3 is 5.97 Å². The van der Waals surface area contributed by atoms with E-state index >= 15 is 0 Å². The van der Waals surface area contributed by atoms with Gasteiger partial charge in [-0.1, -0.05) is 43.5 Å². The lowest BCUT2D eigenvalue weighted by Gasteiger charge is -2.26. The first-order chi connectivity index (χ1) is 27.6. The summed E-state index contributed by atoms with van der Waals surface area (Å²) in [5.41, 5.74) is 8.77. The predicted molar refractivity (Wildman–Crippen MR) is 213 cm³/mol. The molecular weight excluding hydrogens is 705 g/mol. The highest BCUT2D eigenvalue weighted by Crippen LogP contribution is 2.46. The molecule has 0 radical (unpaired) electrons. The summed E-state index contributed by atoms with van der Waals surface area (Å²) in [6.07, 6.45) is 7.18. The fraction of sp³-hybridized carbons (Fsp3) is 0.174. The van der Waals surface area contributed by atoms with Gasteiger partial charge in [-0.15, -0.1) is 0 Å². The third-order valence-electron chi connectivity index (χ3n) is 11.3.